The highest BCUT2D eigenvalue weighted by molar-refractivity contribution is 5.74. The fraction of sp³-hybridized carbons (Fsp3) is 0.188. The molecule has 1 N–H and O–H groups in total. The molecule has 104 valence electrons. The summed E-state index contributed by atoms with van der Waals surface area (Å²) in [5.41, 5.74) is 2.00. The van der Waals surface area contributed by atoms with Gasteiger partial charge in [-0.15, -0.1) is 0 Å². The van der Waals surface area contributed by atoms with Crippen molar-refractivity contribution in [3.8, 4) is 22.6 Å². The molecule has 4 nitrogen and oxygen atoms in total. The molecule has 2 aromatic carbocycles. The molecular formula is C16H16O4. The number of ether oxygens (including phenoxy) is 2. The second-order valence-electron chi connectivity index (χ2n) is 4.35. The van der Waals surface area contributed by atoms with Crippen LogP contribution in [0.1, 0.15) is 6.92 Å². The van der Waals surface area contributed by atoms with E-state index in [4.69, 9.17) is 4.74 Å². The van der Waals surface area contributed by atoms with Crippen molar-refractivity contribution in [2.75, 3.05) is 7.11 Å². The van der Waals surface area contributed by atoms with E-state index in [-0.39, 0.29) is 5.75 Å². The van der Waals surface area contributed by atoms with E-state index in [1.54, 1.807) is 31.2 Å². The zero-order chi connectivity index (χ0) is 14.5. The number of methoxy groups -OCH3 is 1. The maximum absolute atomic E-state index is 11.3. The third-order valence-corrected chi connectivity index (χ3v) is 2.90. The summed E-state index contributed by atoms with van der Waals surface area (Å²) in [7, 11) is 1.33. The van der Waals surface area contributed by atoms with Gasteiger partial charge >= 0.3 is 5.97 Å². The number of aromatic hydroxyl groups is 1. The Bertz CT molecular complexity index is 572. The van der Waals surface area contributed by atoms with Gasteiger partial charge in [0.15, 0.2) is 6.10 Å². The monoisotopic (exact) mass is 272 g/mol. The van der Waals surface area contributed by atoms with E-state index < -0.39 is 12.1 Å². The van der Waals surface area contributed by atoms with Gasteiger partial charge < -0.3 is 14.6 Å². The average Bonchev–Trinajstić information content (AvgIpc) is 2.48. The lowest BCUT2D eigenvalue weighted by Crippen LogP contribution is -2.24. The topological polar surface area (TPSA) is 55.8 Å². The summed E-state index contributed by atoms with van der Waals surface area (Å²) in [4.78, 5) is 11.3. The van der Waals surface area contributed by atoms with Gasteiger partial charge in [-0.25, -0.2) is 4.79 Å². The van der Waals surface area contributed by atoms with Crippen LogP contribution in [0.3, 0.4) is 0 Å². The standard InChI is InChI=1S/C16H16O4/c1-11(16(18)19-2)20-15-9-5-13(6-10-15)12-3-7-14(17)8-4-12/h3-11,17H,1-2H3/t11-/m0/s1. The van der Waals surface area contributed by atoms with Gasteiger partial charge in [-0.05, 0) is 42.3 Å². The molecule has 0 fully saturated rings. The second-order valence-corrected chi connectivity index (χ2v) is 4.35. The van der Waals surface area contributed by atoms with E-state index in [0.717, 1.165) is 11.1 Å². The van der Waals surface area contributed by atoms with Crippen molar-refractivity contribution in [3.05, 3.63) is 48.5 Å². The smallest absolute Gasteiger partial charge is 0.346 e. The fourth-order valence-corrected chi connectivity index (χ4v) is 1.80. The number of carbonyl (C=O) groups excluding carboxylic acids is 1. The van der Waals surface area contributed by atoms with Crippen LogP contribution in [0.5, 0.6) is 11.5 Å². The van der Waals surface area contributed by atoms with Crippen LogP contribution in [-0.2, 0) is 9.53 Å². The molecule has 2 aromatic rings. The number of esters is 1. The SMILES string of the molecule is COC(=O)[C@H](C)Oc1ccc(-c2ccc(O)cc2)cc1. The Balaban J connectivity index is 2.10. The molecule has 20 heavy (non-hydrogen) atoms. The van der Waals surface area contributed by atoms with E-state index in [9.17, 15) is 9.90 Å². The highest BCUT2D eigenvalue weighted by Crippen LogP contribution is 2.24. The molecule has 0 aromatic heterocycles. The number of carbonyl (C=O) groups is 1. The Labute approximate surface area is 117 Å². The molecule has 0 bridgehead atoms. The first-order valence-corrected chi connectivity index (χ1v) is 6.24. The highest BCUT2D eigenvalue weighted by atomic mass is 16.6. The van der Waals surface area contributed by atoms with Crippen LogP contribution in [-0.4, -0.2) is 24.3 Å². The third kappa shape index (κ3) is 3.29. The van der Waals surface area contributed by atoms with Gasteiger partial charge in [0.2, 0.25) is 0 Å². The molecule has 0 amide bonds. The van der Waals surface area contributed by atoms with Gasteiger partial charge in [0.1, 0.15) is 11.5 Å². The molecule has 0 spiro atoms. The number of hydrogen-bond acceptors (Lipinski definition) is 4. The Morgan fingerprint density at radius 1 is 1.00 bits per heavy atom. The molecular weight excluding hydrogens is 256 g/mol. The zero-order valence-corrected chi connectivity index (χ0v) is 11.4. The lowest BCUT2D eigenvalue weighted by atomic mass is 10.1. The number of phenolic OH excluding ortho intramolecular Hbond substituents is 1. The normalized spacial score (nSPS) is 11.7. The summed E-state index contributed by atoms with van der Waals surface area (Å²) in [6.45, 7) is 1.64. The highest BCUT2D eigenvalue weighted by Gasteiger charge is 2.14. The molecule has 4 heteroatoms. The largest absolute Gasteiger partial charge is 0.508 e. The van der Waals surface area contributed by atoms with Gasteiger partial charge in [0.25, 0.3) is 0 Å². The third-order valence-electron chi connectivity index (χ3n) is 2.90. The van der Waals surface area contributed by atoms with Crippen LogP contribution in [0.2, 0.25) is 0 Å². The first kappa shape index (κ1) is 13.9. The van der Waals surface area contributed by atoms with Crippen LogP contribution in [0.25, 0.3) is 11.1 Å². The minimum atomic E-state index is -0.639. The predicted molar refractivity (Wildman–Crippen MR) is 75.6 cm³/mol. The summed E-state index contributed by atoms with van der Waals surface area (Å²) in [6.07, 6.45) is -0.639. The summed E-state index contributed by atoms with van der Waals surface area (Å²) >= 11 is 0. The number of hydrogen-bond donors (Lipinski definition) is 1. The Morgan fingerprint density at radius 2 is 1.50 bits per heavy atom. The number of rotatable bonds is 4. The van der Waals surface area contributed by atoms with E-state index in [1.165, 1.54) is 7.11 Å². The van der Waals surface area contributed by atoms with Crippen LogP contribution in [0.15, 0.2) is 48.5 Å². The fourth-order valence-electron chi connectivity index (χ4n) is 1.80. The molecule has 0 aliphatic rings. The quantitative estimate of drug-likeness (QED) is 0.869. The minimum absolute atomic E-state index is 0.237. The summed E-state index contributed by atoms with van der Waals surface area (Å²) < 4.78 is 10.1. The van der Waals surface area contributed by atoms with E-state index in [1.807, 2.05) is 24.3 Å². The van der Waals surface area contributed by atoms with Crippen molar-refractivity contribution in [3.63, 3.8) is 0 Å². The van der Waals surface area contributed by atoms with Crippen molar-refractivity contribution in [2.45, 2.75) is 13.0 Å². The van der Waals surface area contributed by atoms with Gasteiger partial charge in [-0.2, -0.15) is 0 Å². The average molecular weight is 272 g/mol. The van der Waals surface area contributed by atoms with Crippen molar-refractivity contribution < 1.29 is 19.4 Å². The number of benzene rings is 2. The lowest BCUT2D eigenvalue weighted by Gasteiger charge is -2.12. The predicted octanol–water partition coefficient (Wildman–Crippen LogP) is 3.00. The molecule has 1 atom stereocenters. The Hall–Kier alpha value is -2.49. The van der Waals surface area contributed by atoms with Gasteiger partial charge in [0, 0.05) is 0 Å². The molecule has 0 unspecified atom stereocenters. The lowest BCUT2D eigenvalue weighted by molar-refractivity contribution is -0.147. The van der Waals surface area contributed by atoms with E-state index in [2.05, 4.69) is 4.74 Å². The van der Waals surface area contributed by atoms with Crippen LogP contribution < -0.4 is 4.74 Å². The number of phenols is 1. The Kier molecular flexibility index (Phi) is 4.25. The van der Waals surface area contributed by atoms with Gasteiger partial charge in [0.05, 0.1) is 7.11 Å². The van der Waals surface area contributed by atoms with Crippen molar-refractivity contribution >= 4 is 5.97 Å². The molecule has 0 aliphatic carbocycles. The molecule has 0 saturated heterocycles. The Morgan fingerprint density at radius 3 is 2.00 bits per heavy atom. The zero-order valence-electron chi connectivity index (χ0n) is 11.4. The summed E-state index contributed by atoms with van der Waals surface area (Å²) in [5, 5.41) is 9.26. The maximum Gasteiger partial charge on any atom is 0.346 e. The summed E-state index contributed by atoms with van der Waals surface area (Å²) in [5.74, 6) is 0.429. The van der Waals surface area contributed by atoms with Crippen molar-refractivity contribution in [2.24, 2.45) is 0 Å². The van der Waals surface area contributed by atoms with Crippen LogP contribution in [0.4, 0.5) is 0 Å². The van der Waals surface area contributed by atoms with Crippen molar-refractivity contribution in [1.29, 1.82) is 0 Å². The van der Waals surface area contributed by atoms with E-state index >= 15 is 0 Å². The minimum Gasteiger partial charge on any atom is -0.508 e. The molecule has 0 aliphatic heterocycles. The molecule has 0 radical (unpaired) electrons. The summed E-state index contributed by atoms with van der Waals surface area (Å²) in [6, 6.07) is 14.3. The molecule has 0 saturated carbocycles. The van der Waals surface area contributed by atoms with Gasteiger partial charge in [-0.3, -0.25) is 0 Å². The van der Waals surface area contributed by atoms with E-state index in [0.29, 0.717) is 5.75 Å². The molecule has 0 heterocycles. The molecule has 2 rings (SSSR count). The maximum atomic E-state index is 11.3. The van der Waals surface area contributed by atoms with Crippen LogP contribution in [0, 0.1) is 0 Å². The van der Waals surface area contributed by atoms with Crippen LogP contribution >= 0.6 is 0 Å². The second kappa shape index (κ2) is 6.10. The van der Waals surface area contributed by atoms with Gasteiger partial charge in [-0.1, -0.05) is 24.3 Å². The first-order valence-electron chi connectivity index (χ1n) is 6.24. The first-order chi connectivity index (χ1) is 9.60. The van der Waals surface area contributed by atoms with Crippen molar-refractivity contribution in [1.82, 2.24) is 0 Å².